The predicted molar refractivity (Wildman–Crippen MR) is 137 cm³/mol. The Balaban J connectivity index is 1.85. The second kappa shape index (κ2) is 9.18. The number of ether oxygens (including phenoxy) is 1. The standard InChI is InChI=1S/C29H30N2O3/c1-17(2)34-25-10-8-7-9-24(25)31-28(32)26(22-13-11-18(3)20(5)15-22)27(29(31)33)30-23-14-12-19(4)21(6)16-23/h7-17,30H,1-6H3. The van der Waals surface area contributed by atoms with Crippen molar-refractivity contribution < 1.29 is 14.3 Å². The molecule has 0 saturated heterocycles. The summed E-state index contributed by atoms with van der Waals surface area (Å²) < 4.78 is 5.93. The van der Waals surface area contributed by atoms with E-state index in [0.29, 0.717) is 22.6 Å². The molecule has 0 unspecified atom stereocenters. The van der Waals surface area contributed by atoms with Crippen LogP contribution in [0.5, 0.6) is 5.75 Å². The minimum absolute atomic E-state index is 0.103. The number of carbonyl (C=O) groups is 2. The van der Waals surface area contributed by atoms with Gasteiger partial charge in [0.15, 0.2) is 0 Å². The summed E-state index contributed by atoms with van der Waals surface area (Å²) in [5.41, 5.74) is 6.94. The number of rotatable bonds is 6. The number of imide groups is 1. The zero-order chi connectivity index (χ0) is 24.6. The van der Waals surface area contributed by atoms with Crippen molar-refractivity contribution >= 4 is 28.8 Å². The van der Waals surface area contributed by atoms with Crippen molar-refractivity contribution in [2.75, 3.05) is 10.2 Å². The molecule has 1 N–H and O–H groups in total. The Kier molecular flexibility index (Phi) is 6.29. The molecule has 0 bridgehead atoms. The highest BCUT2D eigenvalue weighted by atomic mass is 16.5. The van der Waals surface area contributed by atoms with Crippen LogP contribution in [-0.2, 0) is 9.59 Å². The fraction of sp³-hybridized carbons (Fsp3) is 0.241. The summed E-state index contributed by atoms with van der Waals surface area (Å²) in [6, 6.07) is 18.9. The summed E-state index contributed by atoms with van der Waals surface area (Å²) in [6.45, 7) is 11.9. The van der Waals surface area contributed by atoms with Crippen LogP contribution in [0.1, 0.15) is 41.7 Å². The van der Waals surface area contributed by atoms with Crippen molar-refractivity contribution in [3.8, 4) is 5.75 Å². The lowest BCUT2D eigenvalue weighted by molar-refractivity contribution is -0.120. The summed E-state index contributed by atoms with van der Waals surface area (Å²) in [5.74, 6) is -0.290. The van der Waals surface area contributed by atoms with Crippen LogP contribution in [0.15, 0.2) is 66.4 Å². The summed E-state index contributed by atoms with van der Waals surface area (Å²) in [5, 5.41) is 3.26. The van der Waals surface area contributed by atoms with Crippen molar-refractivity contribution in [3.05, 3.63) is 94.2 Å². The molecule has 3 aromatic rings. The third-order valence-electron chi connectivity index (χ3n) is 6.12. The van der Waals surface area contributed by atoms with Crippen LogP contribution in [0.3, 0.4) is 0 Å². The Morgan fingerprint density at radius 3 is 2.06 bits per heavy atom. The molecule has 5 nitrogen and oxygen atoms in total. The maximum absolute atomic E-state index is 13.8. The SMILES string of the molecule is Cc1ccc(NC2=C(c3ccc(C)c(C)c3)C(=O)N(c3ccccc3OC(C)C)C2=O)cc1C. The molecular formula is C29H30N2O3. The molecule has 0 aliphatic carbocycles. The summed E-state index contributed by atoms with van der Waals surface area (Å²) in [4.78, 5) is 28.8. The Labute approximate surface area is 201 Å². The quantitative estimate of drug-likeness (QED) is 0.457. The third-order valence-corrected chi connectivity index (χ3v) is 6.12. The average Bonchev–Trinajstić information content (AvgIpc) is 3.02. The van der Waals surface area contributed by atoms with Crippen molar-refractivity contribution in [1.29, 1.82) is 0 Å². The van der Waals surface area contributed by atoms with Crippen molar-refractivity contribution in [1.82, 2.24) is 0 Å². The number of hydrogen-bond donors (Lipinski definition) is 1. The lowest BCUT2D eigenvalue weighted by atomic mass is 9.99. The summed E-state index contributed by atoms with van der Waals surface area (Å²) >= 11 is 0. The van der Waals surface area contributed by atoms with Gasteiger partial charge in [0.1, 0.15) is 11.4 Å². The van der Waals surface area contributed by atoms with Crippen LogP contribution >= 0.6 is 0 Å². The number of nitrogens with one attached hydrogen (secondary N) is 1. The zero-order valence-corrected chi connectivity index (χ0v) is 20.5. The molecule has 174 valence electrons. The molecule has 2 amide bonds. The van der Waals surface area contributed by atoms with Crippen LogP contribution < -0.4 is 15.0 Å². The van der Waals surface area contributed by atoms with E-state index < -0.39 is 5.91 Å². The fourth-order valence-electron chi connectivity index (χ4n) is 3.99. The maximum atomic E-state index is 13.8. The van der Waals surface area contributed by atoms with Gasteiger partial charge in [-0.25, -0.2) is 4.90 Å². The highest BCUT2D eigenvalue weighted by Gasteiger charge is 2.41. The smallest absolute Gasteiger partial charge is 0.282 e. The molecule has 1 aliphatic heterocycles. The van der Waals surface area contributed by atoms with Gasteiger partial charge in [0.05, 0.1) is 17.4 Å². The number of aryl methyl sites for hydroxylation is 4. The minimum atomic E-state index is -0.406. The number of amides is 2. The van der Waals surface area contributed by atoms with E-state index in [9.17, 15) is 9.59 Å². The molecule has 0 radical (unpaired) electrons. The lowest BCUT2D eigenvalue weighted by Crippen LogP contribution is -2.33. The third kappa shape index (κ3) is 4.34. The lowest BCUT2D eigenvalue weighted by Gasteiger charge is -2.20. The molecule has 0 saturated carbocycles. The van der Waals surface area contributed by atoms with E-state index in [1.807, 2.05) is 84.0 Å². The first kappa shape index (κ1) is 23.3. The van der Waals surface area contributed by atoms with Crippen LogP contribution in [-0.4, -0.2) is 17.9 Å². The van der Waals surface area contributed by atoms with Crippen LogP contribution in [0.4, 0.5) is 11.4 Å². The van der Waals surface area contributed by atoms with Gasteiger partial charge in [-0.15, -0.1) is 0 Å². The Morgan fingerprint density at radius 2 is 1.41 bits per heavy atom. The van der Waals surface area contributed by atoms with Crippen LogP contribution in [0, 0.1) is 27.7 Å². The summed E-state index contributed by atoms with van der Waals surface area (Å²) in [6.07, 6.45) is -0.103. The normalized spacial score (nSPS) is 13.8. The number of nitrogens with zero attached hydrogens (tertiary/aromatic N) is 1. The maximum Gasteiger partial charge on any atom is 0.282 e. The Bertz CT molecular complexity index is 1320. The van der Waals surface area contributed by atoms with E-state index in [-0.39, 0.29) is 17.7 Å². The first-order chi connectivity index (χ1) is 16.2. The molecular weight excluding hydrogens is 424 g/mol. The van der Waals surface area contributed by atoms with E-state index in [2.05, 4.69) is 5.32 Å². The monoisotopic (exact) mass is 454 g/mol. The van der Waals surface area contributed by atoms with Crippen molar-refractivity contribution in [3.63, 3.8) is 0 Å². The van der Waals surface area contributed by atoms with Gasteiger partial charge in [0.2, 0.25) is 0 Å². The van der Waals surface area contributed by atoms with Gasteiger partial charge < -0.3 is 10.1 Å². The van der Waals surface area contributed by atoms with E-state index in [0.717, 1.165) is 27.9 Å². The van der Waals surface area contributed by atoms with Gasteiger partial charge in [0.25, 0.3) is 11.8 Å². The number of benzene rings is 3. The van der Waals surface area contributed by atoms with Crippen molar-refractivity contribution in [2.24, 2.45) is 0 Å². The van der Waals surface area contributed by atoms with E-state index in [4.69, 9.17) is 4.74 Å². The van der Waals surface area contributed by atoms with Crippen molar-refractivity contribution in [2.45, 2.75) is 47.6 Å². The number of carbonyl (C=O) groups excluding carboxylic acids is 2. The second-order valence-electron chi connectivity index (χ2n) is 9.05. The second-order valence-corrected chi connectivity index (χ2v) is 9.05. The summed E-state index contributed by atoms with van der Waals surface area (Å²) in [7, 11) is 0. The molecule has 0 spiro atoms. The highest BCUT2D eigenvalue weighted by molar-refractivity contribution is 6.46. The number of hydrogen-bond acceptors (Lipinski definition) is 4. The first-order valence-corrected chi connectivity index (χ1v) is 11.5. The van der Waals surface area contributed by atoms with Gasteiger partial charge in [-0.2, -0.15) is 0 Å². The Hall–Kier alpha value is -3.86. The van der Waals surface area contributed by atoms with Gasteiger partial charge in [0, 0.05) is 5.69 Å². The first-order valence-electron chi connectivity index (χ1n) is 11.5. The number of anilines is 2. The predicted octanol–water partition coefficient (Wildman–Crippen LogP) is 6.10. The molecule has 3 aromatic carbocycles. The fourth-order valence-corrected chi connectivity index (χ4v) is 3.99. The molecule has 0 aromatic heterocycles. The minimum Gasteiger partial charge on any atom is -0.489 e. The van der Waals surface area contributed by atoms with Gasteiger partial charge in [-0.1, -0.05) is 36.4 Å². The largest absolute Gasteiger partial charge is 0.489 e. The topological polar surface area (TPSA) is 58.6 Å². The van der Waals surface area contributed by atoms with Crippen LogP contribution in [0.25, 0.3) is 5.57 Å². The molecule has 5 heteroatoms. The molecule has 0 atom stereocenters. The molecule has 4 rings (SSSR count). The Morgan fingerprint density at radius 1 is 0.765 bits per heavy atom. The molecule has 34 heavy (non-hydrogen) atoms. The van der Waals surface area contributed by atoms with Gasteiger partial charge in [-0.3, -0.25) is 9.59 Å². The average molecular weight is 455 g/mol. The molecule has 1 heterocycles. The van der Waals surface area contributed by atoms with Gasteiger partial charge >= 0.3 is 0 Å². The highest BCUT2D eigenvalue weighted by Crippen LogP contribution is 2.38. The van der Waals surface area contributed by atoms with E-state index in [1.54, 1.807) is 18.2 Å². The van der Waals surface area contributed by atoms with E-state index >= 15 is 0 Å². The zero-order valence-electron chi connectivity index (χ0n) is 20.5. The molecule has 0 fully saturated rings. The van der Waals surface area contributed by atoms with Gasteiger partial charge in [-0.05, 0) is 93.6 Å². The van der Waals surface area contributed by atoms with Crippen LogP contribution in [0.2, 0.25) is 0 Å². The molecule has 1 aliphatic rings. The number of para-hydroxylation sites is 2. The van der Waals surface area contributed by atoms with E-state index in [1.165, 1.54) is 4.90 Å².